The zero-order chi connectivity index (χ0) is 15.9. The number of pyridine rings is 2. The number of halogens is 3. The number of aliphatic hydroxyl groups excluding tert-OH is 1. The SMILES string of the molecule is Brc1ccc(Br)nc1.OC1CCN(c2ccc(Br)cn2)CC1. The first-order valence-corrected chi connectivity index (χ1v) is 9.24. The summed E-state index contributed by atoms with van der Waals surface area (Å²) < 4.78 is 2.86. The third kappa shape index (κ3) is 5.95. The zero-order valence-electron chi connectivity index (χ0n) is 11.8. The average Bonchev–Trinajstić information content (AvgIpc) is 2.53. The Morgan fingerprint density at radius 2 is 1.50 bits per heavy atom. The van der Waals surface area contributed by atoms with Gasteiger partial charge in [-0.25, -0.2) is 9.97 Å². The minimum absolute atomic E-state index is 0.123. The van der Waals surface area contributed by atoms with Gasteiger partial charge < -0.3 is 10.0 Å². The quantitative estimate of drug-likeness (QED) is 0.598. The fourth-order valence-electron chi connectivity index (χ4n) is 2.01. The first kappa shape index (κ1) is 17.8. The van der Waals surface area contributed by atoms with E-state index >= 15 is 0 Å². The van der Waals surface area contributed by atoms with Crippen molar-refractivity contribution in [2.75, 3.05) is 18.0 Å². The molecule has 3 heterocycles. The summed E-state index contributed by atoms with van der Waals surface area (Å²) in [4.78, 5) is 10.5. The fourth-order valence-corrected chi connectivity index (χ4v) is 2.71. The zero-order valence-corrected chi connectivity index (χ0v) is 16.6. The summed E-state index contributed by atoms with van der Waals surface area (Å²) in [5.74, 6) is 1.00. The second kappa shape index (κ2) is 8.96. The van der Waals surface area contributed by atoms with Crippen LogP contribution in [0, 0.1) is 0 Å². The van der Waals surface area contributed by atoms with Crippen LogP contribution in [0.15, 0.2) is 50.2 Å². The summed E-state index contributed by atoms with van der Waals surface area (Å²) in [7, 11) is 0. The number of nitrogens with zero attached hydrogens (tertiary/aromatic N) is 3. The molecule has 3 rings (SSSR count). The Bertz CT molecular complexity index is 549. The molecule has 2 aromatic heterocycles. The molecule has 0 aromatic carbocycles. The number of piperidine rings is 1. The molecule has 0 radical (unpaired) electrons. The molecule has 0 saturated carbocycles. The molecule has 22 heavy (non-hydrogen) atoms. The highest BCUT2D eigenvalue weighted by molar-refractivity contribution is 9.11. The lowest BCUT2D eigenvalue weighted by Crippen LogP contribution is -2.36. The van der Waals surface area contributed by atoms with E-state index in [9.17, 15) is 5.11 Å². The molecule has 1 aliphatic heterocycles. The average molecular weight is 494 g/mol. The number of rotatable bonds is 1. The predicted molar refractivity (Wildman–Crippen MR) is 99.0 cm³/mol. The van der Waals surface area contributed by atoms with E-state index in [-0.39, 0.29) is 6.10 Å². The van der Waals surface area contributed by atoms with Crippen molar-refractivity contribution < 1.29 is 5.11 Å². The first-order valence-electron chi connectivity index (χ1n) is 6.86. The summed E-state index contributed by atoms with van der Waals surface area (Å²) in [5, 5.41) is 9.36. The van der Waals surface area contributed by atoms with Crippen LogP contribution in [0.1, 0.15) is 12.8 Å². The van der Waals surface area contributed by atoms with Crippen LogP contribution >= 0.6 is 47.8 Å². The Labute approximate surface area is 155 Å². The van der Waals surface area contributed by atoms with Crippen LogP contribution in [-0.2, 0) is 0 Å². The number of anilines is 1. The molecule has 0 unspecified atom stereocenters. The molecule has 1 aliphatic rings. The highest BCUT2D eigenvalue weighted by atomic mass is 79.9. The second-order valence-electron chi connectivity index (χ2n) is 4.85. The summed E-state index contributed by atoms with van der Waals surface area (Å²) in [5.41, 5.74) is 0. The molecule has 0 amide bonds. The highest BCUT2D eigenvalue weighted by Gasteiger charge is 2.17. The summed E-state index contributed by atoms with van der Waals surface area (Å²) >= 11 is 9.83. The van der Waals surface area contributed by atoms with Gasteiger partial charge in [-0.05, 0) is 84.9 Å². The monoisotopic (exact) mass is 491 g/mol. The van der Waals surface area contributed by atoms with Crippen LogP contribution in [0.2, 0.25) is 0 Å². The van der Waals surface area contributed by atoms with Crippen molar-refractivity contribution in [3.05, 3.63) is 50.2 Å². The van der Waals surface area contributed by atoms with E-state index in [1.807, 2.05) is 24.3 Å². The number of hydrogen-bond acceptors (Lipinski definition) is 4. The van der Waals surface area contributed by atoms with Crippen molar-refractivity contribution in [1.29, 1.82) is 0 Å². The van der Waals surface area contributed by atoms with Crippen molar-refractivity contribution in [1.82, 2.24) is 9.97 Å². The molecule has 0 atom stereocenters. The van der Waals surface area contributed by atoms with Gasteiger partial charge in [0, 0.05) is 34.4 Å². The summed E-state index contributed by atoms with van der Waals surface area (Å²) in [6.45, 7) is 1.80. The van der Waals surface area contributed by atoms with Crippen LogP contribution in [0.25, 0.3) is 0 Å². The van der Waals surface area contributed by atoms with Crippen LogP contribution in [0.5, 0.6) is 0 Å². The van der Waals surface area contributed by atoms with E-state index in [1.165, 1.54) is 0 Å². The molecule has 0 bridgehead atoms. The number of aliphatic hydroxyl groups is 1. The van der Waals surface area contributed by atoms with Gasteiger partial charge in [-0.2, -0.15) is 0 Å². The number of aromatic nitrogens is 2. The summed E-state index contributed by atoms with van der Waals surface area (Å²) in [6, 6.07) is 7.80. The van der Waals surface area contributed by atoms with Gasteiger partial charge in [0.15, 0.2) is 0 Å². The van der Waals surface area contributed by atoms with Gasteiger partial charge in [-0.1, -0.05) is 0 Å². The molecular weight excluding hydrogens is 478 g/mol. The number of hydrogen-bond donors (Lipinski definition) is 1. The van der Waals surface area contributed by atoms with Crippen LogP contribution in [0.3, 0.4) is 0 Å². The molecule has 118 valence electrons. The first-order chi connectivity index (χ1) is 10.5. The maximum absolute atomic E-state index is 9.36. The van der Waals surface area contributed by atoms with Crippen LogP contribution in [0.4, 0.5) is 5.82 Å². The smallest absolute Gasteiger partial charge is 0.128 e. The third-order valence-electron chi connectivity index (χ3n) is 3.19. The van der Waals surface area contributed by atoms with E-state index in [4.69, 9.17) is 0 Å². The highest BCUT2D eigenvalue weighted by Crippen LogP contribution is 2.19. The largest absolute Gasteiger partial charge is 0.393 e. The van der Waals surface area contributed by atoms with Gasteiger partial charge in [0.25, 0.3) is 0 Å². The maximum Gasteiger partial charge on any atom is 0.128 e. The molecule has 1 fully saturated rings. The minimum Gasteiger partial charge on any atom is -0.393 e. The van der Waals surface area contributed by atoms with Crippen LogP contribution in [-0.4, -0.2) is 34.3 Å². The van der Waals surface area contributed by atoms with Crippen molar-refractivity contribution in [3.63, 3.8) is 0 Å². The van der Waals surface area contributed by atoms with Gasteiger partial charge in [0.2, 0.25) is 0 Å². The van der Waals surface area contributed by atoms with Crippen molar-refractivity contribution in [2.45, 2.75) is 18.9 Å². The molecule has 2 aromatic rings. The van der Waals surface area contributed by atoms with Gasteiger partial charge in [0.1, 0.15) is 10.4 Å². The van der Waals surface area contributed by atoms with Crippen molar-refractivity contribution in [3.8, 4) is 0 Å². The Balaban J connectivity index is 0.000000188. The molecule has 1 N–H and O–H groups in total. The van der Waals surface area contributed by atoms with Crippen molar-refractivity contribution in [2.24, 2.45) is 0 Å². The lowest BCUT2D eigenvalue weighted by atomic mass is 10.1. The Hall–Kier alpha value is -0.500. The molecule has 7 heteroatoms. The van der Waals surface area contributed by atoms with E-state index in [2.05, 4.69) is 62.7 Å². The van der Waals surface area contributed by atoms with Gasteiger partial charge in [0.05, 0.1) is 6.10 Å². The fraction of sp³-hybridized carbons (Fsp3) is 0.333. The Morgan fingerprint density at radius 1 is 0.909 bits per heavy atom. The van der Waals surface area contributed by atoms with Crippen LogP contribution < -0.4 is 4.90 Å². The predicted octanol–water partition coefficient (Wildman–Crippen LogP) is 4.41. The molecule has 0 spiro atoms. The normalized spacial score (nSPS) is 15.2. The molecule has 4 nitrogen and oxygen atoms in total. The Morgan fingerprint density at radius 3 is 1.95 bits per heavy atom. The molecular formula is C15H16Br3N3O. The van der Waals surface area contributed by atoms with Gasteiger partial charge in [-0.15, -0.1) is 0 Å². The van der Waals surface area contributed by atoms with E-state index < -0.39 is 0 Å². The van der Waals surface area contributed by atoms with Crippen molar-refractivity contribution >= 4 is 53.6 Å². The third-order valence-corrected chi connectivity index (χ3v) is 4.60. The molecule has 0 aliphatic carbocycles. The molecule has 1 saturated heterocycles. The lowest BCUT2D eigenvalue weighted by Gasteiger charge is -2.30. The lowest BCUT2D eigenvalue weighted by molar-refractivity contribution is 0.145. The topological polar surface area (TPSA) is 49.3 Å². The van der Waals surface area contributed by atoms with E-state index in [1.54, 1.807) is 12.4 Å². The van der Waals surface area contributed by atoms with Gasteiger partial charge >= 0.3 is 0 Å². The Kier molecular flexibility index (Phi) is 7.27. The minimum atomic E-state index is -0.123. The van der Waals surface area contributed by atoms with E-state index in [0.29, 0.717) is 0 Å². The van der Waals surface area contributed by atoms with E-state index in [0.717, 1.165) is 45.3 Å². The standard InChI is InChI=1S/C10H13BrN2O.C5H3Br2N/c11-8-1-2-10(12-7-8)13-5-3-9(14)4-6-13;6-4-1-2-5(7)8-3-4/h1-2,7,9,14H,3-6H2;1-3H. The maximum atomic E-state index is 9.36. The summed E-state index contributed by atoms with van der Waals surface area (Å²) in [6.07, 6.45) is 5.11. The van der Waals surface area contributed by atoms with Gasteiger partial charge in [-0.3, -0.25) is 0 Å². The second-order valence-corrected chi connectivity index (χ2v) is 7.50.